The molecule has 2 nitrogen and oxygen atoms in total. The van der Waals surface area contributed by atoms with Gasteiger partial charge in [-0.15, -0.1) is 0 Å². The molecule has 1 rings (SSSR count). The lowest BCUT2D eigenvalue weighted by molar-refractivity contribution is -0.131. The summed E-state index contributed by atoms with van der Waals surface area (Å²) in [6.07, 6.45) is 15.9. The van der Waals surface area contributed by atoms with Crippen molar-refractivity contribution >= 4 is 5.97 Å². The van der Waals surface area contributed by atoms with Gasteiger partial charge in [0.05, 0.1) is 0 Å². The monoisotopic (exact) mass is 314 g/mol. The highest BCUT2D eigenvalue weighted by atomic mass is 16.4. The van der Waals surface area contributed by atoms with Crippen LogP contribution in [0.3, 0.4) is 0 Å². The third kappa shape index (κ3) is 6.43. The zero-order valence-corrected chi connectivity index (χ0v) is 15.1. The highest BCUT2D eigenvalue weighted by molar-refractivity contribution is 5.81. The number of carbonyl (C=O) groups is 1. The van der Waals surface area contributed by atoms with Crippen LogP contribution in [0.25, 0.3) is 0 Å². The van der Waals surface area contributed by atoms with Gasteiger partial charge in [0.15, 0.2) is 0 Å². The second-order valence-corrected chi connectivity index (χ2v) is 6.95. The van der Waals surface area contributed by atoms with Crippen LogP contribution >= 0.6 is 0 Å². The van der Waals surface area contributed by atoms with Crippen LogP contribution in [0.15, 0.2) is 58.7 Å². The summed E-state index contributed by atoms with van der Waals surface area (Å²) in [5, 5.41) is 8.78. The zero-order chi connectivity index (χ0) is 17.5. The molecule has 2 heteroatoms. The van der Waals surface area contributed by atoms with E-state index in [9.17, 15) is 4.79 Å². The smallest absolute Gasteiger partial charge is 0.328 e. The van der Waals surface area contributed by atoms with E-state index in [2.05, 4.69) is 39.8 Å². The number of carboxylic acid groups (broad SMARTS) is 1. The van der Waals surface area contributed by atoms with Gasteiger partial charge < -0.3 is 5.11 Å². The number of aliphatic carboxylic acids is 1. The Labute approximate surface area is 141 Å². The van der Waals surface area contributed by atoms with Crippen LogP contribution in [0.2, 0.25) is 0 Å². The van der Waals surface area contributed by atoms with Crippen LogP contribution in [0.4, 0.5) is 0 Å². The molecule has 0 unspecified atom stereocenters. The van der Waals surface area contributed by atoms with E-state index < -0.39 is 5.97 Å². The van der Waals surface area contributed by atoms with Gasteiger partial charge in [-0.1, -0.05) is 62.3 Å². The molecule has 0 fully saturated rings. The lowest BCUT2D eigenvalue weighted by Gasteiger charge is -2.32. The average molecular weight is 314 g/mol. The van der Waals surface area contributed by atoms with E-state index in [0.717, 1.165) is 11.1 Å². The van der Waals surface area contributed by atoms with Crippen LogP contribution in [-0.2, 0) is 4.79 Å². The average Bonchev–Trinajstić information content (AvgIpc) is 2.44. The molecule has 0 radical (unpaired) electrons. The molecule has 0 aromatic heterocycles. The van der Waals surface area contributed by atoms with Gasteiger partial charge in [0.25, 0.3) is 0 Å². The van der Waals surface area contributed by atoms with E-state index in [1.165, 1.54) is 36.5 Å². The Morgan fingerprint density at radius 1 is 1.30 bits per heavy atom. The molecular formula is C21H30O2. The number of carboxylic acids is 1. The highest BCUT2D eigenvalue weighted by Crippen LogP contribution is 2.40. The number of rotatable bonds is 6. The van der Waals surface area contributed by atoms with Gasteiger partial charge in [-0.2, -0.15) is 0 Å². The Kier molecular flexibility index (Phi) is 7.28. The Morgan fingerprint density at radius 3 is 2.57 bits per heavy atom. The Bertz CT molecular complexity index is 581. The van der Waals surface area contributed by atoms with Crippen molar-refractivity contribution in [2.45, 2.75) is 60.3 Å². The first-order valence-electron chi connectivity index (χ1n) is 8.43. The summed E-state index contributed by atoms with van der Waals surface area (Å²) in [5.41, 5.74) is 5.19. The maximum atomic E-state index is 10.7. The molecule has 23 heavy (non-hydrogen) atoms. The minimum absolute atomic E-state index is 0.258. The predicted molar refractivity (Wildman–Crippen MR) is 98.4 cm³/mol. The summed E-state index contributed by atoms with van der Waals surface area (Å²) in [4.78, 5) is 10.7. The second-order valence-electron chi connectivity index (χ2n) is 6.95. The van der Waals surface area contributed by atoms with Crippen LogP contribution in [0, 0.1) is 5.41 Å². The maximum absolute atomic E-state index is 10.7. The van der Waals surface area contributed by atoms with E-state index in [4.69, 9.17) is 5.11 Å². The van der Waals surface area contributed by atoms with Gasteiger partial charge in [-0.3, -0.25) is 0 Å². The molecule has 1 aliphatic rings. The van der Waals surface area contributed by atoms with Crippen molar-refractivity contribution in [2.24, 2.45) is 5.41 Å². The number of hydrogen-bond acceptors (Lipinski definition) is 1. The van der Waals surface area contributed by atoms with Gasteiger partial charge in [-0.05, 0) is 56.1 Å². The van der Waals surface area contributed by atoms with E-state index in [0.29, 0.717) is 6.42 Å². The molecule has 0 heterocycles. The fraction of sp³-hybridized carbons (Fsp3) is 0.476. The molecule has 0 aliphatic heterocycles. The lowest BCUT2D eigenvalue weighted by atomic mass is 9.72. The molecule has 0 aromatic carbocycles. The first kappa shape index (κ1) is 19.2. The normalized spacial score (nSPS) is 19.9. The van der Waals surface area contributed by atoms with Crippen molar-refractivity contribution in [3.63, 3.8) is 0 Å². The van der Waals surface area contributed by atoms with Gasteiger partial charge in [0.2, 0.25) is 0 Å². The van der Waals surface area contributed by atoms with Crippen molar-refractivity contribution in [1.29, 1.82) is 0 Å². The Balaban J connectivity index is 2.82. The number of allylic oxidation sites excluding steroid dienone is 9. The van der Waals surface area contributed by atoms with Crippen LogP contribution in [-0.4, -0.2) is 11.1 Å². The molecular weight excluding hydrogens is 284 g/mol. The standard InChI is InChI=1S/C21H30O2/c1-6-18(15-20(22)23)11-7-9-16(2)12-13-19-17(3)10-8-14-21(19,4)5/h7,9,11-13,15H,6,8,10,14H2,1-5H3,(H,22,23)/b11-7+,13-12+,16-9-,18-15+. The SMILES string of the molecule is CCC(/C=C/C=C(C)\C=C\C1=C(C)CCCC1(C)C)=C\C(=O)O. The summed E-state index contributed by atoms with van der Waals surface area (Å²) in [7, 11) is 0. The third-order valence-electron chi connectivity index (χ3n) is 4.44. The van der Waals surface area contributed by atoms with Crippen molar-refractivity contribution in [3.05, 3.63) is 58.7 Å². The van der Waals surface area contributed by atoms with Gasteiger partial charge in [-0.25, -0.2) is 4.79 Å². The predicted octanol–water partition coefficient (Wildman–Crippen LogP) is 5.99. The lowest BCUT2D eigenvalue weighted by Crippen LogP contribution is -2.19. The molecule has 0 aromatic rings. The van der Waals surface area contributed by atoms with Gasteiger partial charge in [0.1, 0.15) is 0 Å². The first-order chi connectivity index (χ1) is 10.8. The second kappa shape index (κ2) is 8.71. The van der Waals surface area contributed by atoms with E-state index in [-0.39, 0.29) is 5.41 Å². The fourth-order valence-electron chi connectivity index (χ4n) is 3.03. The summed E-state index contributed by atoms with van der Waals surface area (Å²) in [5.74, 6) is -0.894. The van der Waals surface area contributed by atoms with E-state index >= 15 is 0 Å². The largest absolute Gasteiger partial charge is 0.478 e. The summed E-state index contributed by atoms with van der Waals surface area (Å²) >= 11 is 0. The molecule has 0 saturated heterocycles. The minimum atomic E-state index is -0.894. The third-order valence-corrected chi connectivity index (χ3v) is 4.44. The summed E-state index contributed by atoms with van der Waals surface area (Å²) < 4.78 is 0. The molecule has 1 N–H and O–H groups in total. The van der Waals surface area contributed by atoms with Crippen LogP contribution in [0.5, 0.6) is 0 Å². The molecule has 1 aliphatic carbocycles. The first-order valence-corrected chi connectivity index (χ1v) is 8.43. The highest BCUT2D eigenvalue weighted by Gasteiger charge is 2.26. The van der Waals surface area contributed by atoms with E-state index in [1.807, 2.05) is 25.2 Å². The molecule has 0 bridgehead atoms. The maximum Gasteiger partial charge on any atom is 0.328 e. The van der Waals surface area contributed by atoms with Crippen LogP contribution < -0.4 is 0 Å². The molecule has 0 amide bonds. The summed E-state index contributed by atoms with van der Waals surface area (Å²) in [6, 6.07) is 0. The van der Waals surface area contributed by atoms with Crippen molar-refractivity contribution < 1.29 is 9.90 Å². The topological polar surface area (TPSA) is 37.3 Å². The quantitative estimate of drug-likeness (QED) is 0.483. The molecule has 0 atom stereocenters. The van der Waals surface area contributed by atoms with Crippen molar-refractivity contribution in [3.8, 4) is 0 Å². The van der Waals surface area contributed by atoms with E-state index in [1.54, 1.807) is 0 Å². The van der Waals surface area contributed by atoms with Crippen molar-refractivity contribution in [2.75, 3.05) is 0 Å². The minimum Gasteiger partial charge on any atom is -0.478 e. The van der Waals surface area contributed by atoms with Gasteiger partial charge in [0, 0.05) is 6.08 Å². The van der Waals surface area contributed by atoms with Crippen LogP contribution in [0.1, 0.15) is 60.3 Å². The number of hydrogen-bond donors (Lipinski definition) is 1. The molecule has 126 valence electrons. The summed E-state index contributed by atoms with van der Waals surface area (Å²) in [6.45, 7) is 10.9. The molecule has 0 spiro atoms. The Morgan fingerprint density at radius 2 is 2.00 bits per heavy atom. The van der Waals surface area contributed by atoms with Crippen molar-refractivity contribution in [1.82, 2.24) is 0 Å². The van der Waals surface area contributed by atoms with Gasteiger partial charge >= 0.3 is 5.97 Å². The zero-order valence-electron chi connectivity index (χ0n) is 15.1. The molecule has 0 saturated carbocycles. The Hall–Kier alpha value is -1.83. The fourth-order valence-corrected chi connectivity index (χ4v) is 3.03.